The summed E-state index contributed by atoms with van der Waals surface area (Å²) in [6.45, 7) is 2.98. The van der Waals surface area contributed by atoms with Gasteiger partial charge in [0.1, 0.15) is 5.82 Å². The lowest BCUT2D eigenvalue weighted by Gasteiger charge is -2.41. The van der Waals surface area contributed by atoms with E-state index in [2.05, 4.69) is 0 Å². The van der Waals surface area contributed by atoms with Crippen molar-refractivity contribution < 1.29 is 18.7 Å². The van der Waals surface area contributed by atoms with E-state index in [4.69, 9.17) is 4.74 Å². The van der Waals surface area contributed by atoms with E-state index in [1.807, 2.05) is 18.2 Å². The lowest BCUT2D eigenvalue weighted by molar-refractivity contribution is -0.158. The zero-order valence-corrected chi connectivity index (χ0v) is 15.5. The molecule has 0 N–H and O–H groups in total. The molecule has 0 radical (unpaired) electrons. The molecule has 0 saturated carbocycles. The highest BCUT2D eigenvalue weighted by molar-refractivity contribution is 5.94. The third-order valence-corrected chi connectivity index (χ3v) is 5.05. The number of hydrogen-bond donors (Lipinski definition) is 0. The molecule has 1 fully saturated rings. The van der Waals surface area contributed by atoms with Crippen LogP contribution in [0.2, 0.25) is 0 Å². The highest BCUT2D eigenvalue weighted by Crippen LogP contribution is 2.36. The number of rotatable bonds is 5. The van der Waals surface area contributed by atoms with E-state index in [1.165, 1.54) is 12.1 Å². The molecule has 0 unspecified atom stereocenters. The standard InChI is InChI=1S/C22H24FNO3/c1-2-27-21(26)22(15-17-9-11-19(23)12-10-17)13-6-14-24(16-22)20(25)18-7-4-3-5-8-18/h3-5,7-12H,2,6,13-16H2,1H3/t22-/m1/s1. The van der Waals surface area contributed by atoms with Crippen LogP contribution in [0.5, 0.6) is 0 Å². The van der Waals surface area contributed by atoms with Crippen molar-refractivity contribution in [1.29, 1.82) is 0 Å². The van der Waals surface area contributed by atoms with Crippen molar-refractivity contribution in [3.05, 3.63) is 71.5 Å². The largest absolute Gasteiger partial charge is 0.466 e. The number of halogens is 1. The summed E-state index contributed by atoms with van der Waals surface area (Å²) in [5.74, 6) is -0.684. The van der Waals surface area contributed by atoms with Gasteiger partial charge in [-0.25, -0.2) is 4.39 Å². The Morgan fingerprint density at radius 1 is 1.11 bits per heavy atom. The van der Waals surface area contributed by atoms with Crippen LogP contribution >= 0.6 is 0 Å². The summed E-state index contributed by atoms with van der Waals surface area (Å²) >= 11 is 0. The SMILES string of the molecule is CCOC(=O)[C@@]1(Cc2ccc(F)cc2)CCCN(C(=O)c2ccccc2)C1. The first-order chi connectivity index (χ1) is 13.0. The van der Waals surface area contributed by atoms with Gasteiger partial charge in [-0.2, -0.15) is 0 Å². The van der Waals surface area contributed by atoms with Gasteiger partial charge < -0.3 is 9.64 Å². The van der Waals surface area contributed by atoms with Crippen LogP contribution in [0.25, 0.3) is 0 Å². The molecule has 1 saturated heterocycles. The highest BCUT2D eigenvalue weighted by atomic mass is 19.1. The van der Waals surface area contributed by atoms with Gasteiger partial charge in [-0.1, -0.05) is 30.3 Å². The number of benzene rings is 2. The predicted octanol–water partition coefficient (Wildman–Crippen LogP) is 3.85. The Morgan fingerprint density at radius 3 is 2.48 bits per heavy atom. The molecule has 4 nitrogen and oxygen atoms in total. The Balaban J connectivity index is 1.86. The second-order valence-electron chi connectivity index (χ2n) is 7.00. The Hall–Kier alpha value is -2.69. The van der Waals surface area contributed by atoms with Crippen molar-refractivity contribution in [2.24, 2.45) is 5.41 Å². The Morgan fingerprint density at radius 2 is 1.81 bits per heavy atom. The first-order valence-electron chi connectivity index (χ1n) is 9.30. The van der Waals surface area contributed by atoms with Gasteiger partial charge in [-0.15, -0.1) is 0 Å². The quantitative estimate of drug-likeness (QED) is 0.752. The zero-order chi connectivity index (χ0) is 19.3. The number of likely N-dealkylation sites (tertiary alicyclic amines) is 1. The summed E-state index contributed by atoms with van der Waals surface area (Å²) in [5.41, 5.74) is 0.661. The van der Waals surface area contributed by atoms with E-state index < -0.39 is 5.41 Å². The van der Waals surface area contributed by atoms with Crippen molar-refractivity contribution in [2.45, 2.75) is 26.2 Å². The van der Waals surface area contributed by atoms with Crippen LogP contribution < -0.4 is 0 Å². The average Bonchev–Trinajstić information content (AvgIpc) is 2.70. The summed E-state index contributed by atoms with van der Waals surface area (Å²) in [6.07, 6.45) is 1.78. The van der Waals surface area contributed by atoms with Crippen LogP contribution in [0.3, 0.4) is 0 Å². The van der Waals surface area contributed by atoms with E-state index in [-0.39, 0.29) is 24.3 Å². The van der Waals surface area contributed by atoms with Gasteiger partial charge in [0.25, 0.3) is 5.91 Å². The maximum atomic E-state index is 13.3. The number of amides is 1. The van der Waals surface area contributed by atoms with Crippen LogP contribution in [0.1, 0.15) is 35.7 Å². The summed E-state index contributed by atoms with van der Waals surface area (Å²) in [4.78, 5) is 27.5. The molecule has 0 aliphatic carbocycles. The first-order valence-corrected chi connectivity index (χ1v) is 9.30. The van der Waals surface area contributed by atoms with Crippen LogP contribution in [-0.4, -0.2) is 36.5 Å². The molecule has 1 heterocycles. The van der Waals surface area contributed by atoms with Crippen molar-refractivity contribution in [1.82, 2.24) is 4.90 Å². The minimum absolute atomic E-state index is 0.0805. The minimum atomic E-state index is -0.809. The third kappa shape index (κ3) is 4.35. The molecule has 0 bridgehead atoms. The van der Waals surface area contributed by atoms with E-state index in [1.54, 1.807) is 36.1 Å². The van der Waals surface area contributed by atoms with Gasteiger partial charge in [-0.05, 0) is 56.0 Å². The first kappa shape index (κ1) is 19.1. The van der Waals surface area contributed by atoms with Gasteiger partial charge in [0.15, 0.2) is 0 Å². The van der Waals surface area contributed by atoms with Crippen molar-refractivity contribution >= 4 is 11.9 Å². The third-order valence-electron chi connectivity index (χ3n) is 5.05. The normalized spacial score (nSPS) is 19.6. The van der Waals surface area contributed by atoms with Gasteiger partial charge in [-0.3, -0.25) is 9.59 Å². The molecular formula is C22H24FNO3. The maximum absolute atomic E-state index is 13.3. The number of ether oxygens (including phenoxy) is 1. The van der Waals surface area contributed by atoms with Crippen LogP contribution in [0.4, 0.5) is 4.39 Å². The van der Waals surface area contributed by atoms with E-state index in [0.29, 0.717) is 31.5 Å². The summed E-state index contributed by atoms with van der Waals surface area (Å²) in [6, 6.07) is 15.2. The lowest BCUT2D eigenvalue weighted by Crippen LogP contribution is -2.51. The Labute approximate surface area is 158 Å². The molecule has 27 heavy (non-hydrogen) atoms. The fourth-order valence-corrected chi connectivity index (χ4v) is 3.73. The smallest absolute Gasteiger partial charge is 0.314 e. The molecule has 1 amide bonds. The summed E-state index contributed by atoms with van der Waals surface area (Å²) in [7, 11) is 0. The van der Waals surface area contributed by atoms with Gasteiger partial charge in [0, 0.05) is 18.7 Å². The molecule has 0 spiro atoms. The maximum Gasteiger partial charge on any atom is 0.314 e. The molecule has 2 aromatic carbocycles. The Kier molecular flexibility index (Phi) is 5.89. The summed E-state index contributed by atoms with van der Waals surface area (Å²) in [5, 5.41) is 0. The van der Waals surface area contributed by atoms with Gasteiger partial charge >= 0.3 is 5.97 Å². The van der Waals surface area contributed by atoms with Gasteiger partial charge in [0.2, 0.25) is 0 Å². The van der Waals surface area contributed by atoms with Crippen LogP contribution in [-0.2, 0) is 16.0 Å². The molecule has 1 atom stereocenters. The molecule has 142 valence electrons. The zero-order valence-electron chi connectivity index (χ0n) is 15.5. The predicted molar refractivity (Wildman–Crippen MR) is 101 cm³/mol. The van der Waals surface area contributed by atoms with E-state index in [0.717, 1.165) is 12.0 Å². The van der Waals surface area contributed by atoms with Crippen molar-refractivity contribution in [3.63, 3.8) is 0 Å². The van der Waals surface area contributed by atoms with E-state index >= 15 is 0 Å². The number of esters is 1. The highest BCUT2D eigenvalue weighted by Gasteiger charge is 2.44. The van der Waals surface area contributed by atoms with E-state index in [9.17, 15) is 14.0 Å². The fourth-order valence-electron chi connectivity index (χ4n) is 3.73. The molecule has 2 aromatic rings. The van der Waals surface area contributed by atoms with Crippen LogP contribution in [0.15, 0.2) is 54.6 Å². The number of hydrogen-bond acceptors (Lipinski definition) is 3. The number of nitrogens with zero attached hydrogens (tertiary/aromatic N) is 1. The average molecular weight is 369 g/mol. The number of carbonyl (C=O) groups excluding carboxylic acids is 2. The lowest BCUT2D eigenvalue weighted by atomic mass is 9.75. The molecule has 1 aliphatic heterocycles. The molecule has 1 aliphatic rings. The molecule has 3 rings (SSSR count). The van der Waals surface area contributed by atoms with Gasteiger partial charge in [0.05, 0.1) is 12.0 Å². The molecule has 5 heteroatoms. The topological polar surface area (TPSA) is 46.6 Å². The fraction of sp³-hybridized carbons (Fsp3) is 0.364. The van der Waals surface area contributed by atoms with Crippen LogP contribution in [0, 0.1) is 11.2 Å². The monoisotopic (exact) mass is 369 g/mol. The second kappa shape index (κ2) is 8.33. The number of carbonyl (C=O) groups is 2. The molecular weight excluding hydrogens is 345 g/mol. The number of piperidine rings is 1. The van der Waals surface area contributed by atoms with Crippen molar-refractivity contribution in [3.8, 4) is 0 Å². The second-order valence-corrected chi connectivity index (χ2v) is 7.00. The van der Waals surface area contributed by atoms with Crippen molar-refractivity contribution in [2.75, 3.05) is 19.7 Å². The minimum Gasteiger partial charge on any atom is -0.466 e. The Bertz CT molecular complexity index is 791. The summed E-state index contributed by atoms with van der Waals surface area (Å²) < 4.78 is 18.6. The molecule has 0 aromatic heterocycles.